The van der Waals surface area contributed by atoms with Crippen molar-refractivity contribution in [2.24, 2.45) is 0 Å². The Balaban J connectivity index is 2.05. The summed E-state index contributed by atoms with van der Waals surface area (Å²) >= 11 is 5.99. The molecule has 1 atom stereocenters. The molecule has 0 fully saturated rings. The van der Waals surface area contributed by atoms with Gasteiger partial charge in [-0.3, -0.25) is 0 Å². The first-order valence-corrected chi connectivity index (χ1v) is 10.5. The molecular formula is C21H15ClF2O5S. The van der Waals surface area contributed by atoms with Crippen LogP contribution in [0.5, 0.6) is 5.75 Å². The lowest BCUT2D eigenvalue weighted by Gasteiger charge is -2.16. The molecule has 30 heavy (non-hydrogen) atoms. The lowest BCUT2D eigenvalue weighted by molar-refractivity contribution is -0.144. The van der Waals surface area contributed by atoms with Crippen molar-refractivity contribution in [2.45, 2.75) is 22.8 Å². The number of sulfone groups is 1. The van der Waals surface area contributed by atoms with Crippen LogP contribution >= 0.6 is 11.6 Å². The molecule has 0 bridgehead atoms. The van der Waals surface area contributed by atoms with E-state index in [0.717, 1.165) is 30.3 Å². The maximum atomic E-state index is 14.9. The SMILES string of the molecule is CC(Oc1ccc(Cl)cc1-c1ccc(S(=O)(=O)c2ccc(F)cc2)cc1F)C(=O)O. The molecular weight excluding hydrogens is 438 g/mol. The lowest BCUT2D eigenvalue weighted by Crippen LogP contribution is -2.23. The summed E-state index contributed by atoms with van der Waals surface area (Å²) in [7, 11) is -4.07. The Bertz CT molecular complexity index is 1210. The molecule has 156 valence electrons. The van der Waals surface area contributed by atoms with Crippen LogP contribution in [-0.2, 0) is 14.6 Å². The van der Waals surface area contributed by atoms with Crippen molar-refractivity contribution in [1.29, 1.82) is 0 Å². The molecule has 3 aromatic rings. The lowest BCUT2D eigenvalue weighted by atomic mass is 10.0. The number of rotatable bonds is 6. The first-order valence-electron chi connectivity index (χ1n) is 8.59. The van der Waals surface area contributed by atoms with Gasteiger partial charge in [-0.05, 0) is 67.6 Å². The van der Waals surface area contributed by atoms with E-state index >= 15 is 0 Å². The minimum Gasteiger partial charge on any atom is -0.479 e. The number of carboxylic acids is 1. The predicted octanol–water partition coefficient (Wildman–Crippen LogP) is 4.97. The molecule has 0 aliphatic carbocycles. The summed E-state index contributed by atoms with van der Waals surface area (Å²) in [5.74, 6) is -2.62. The molecule has 0 aliphatic rings. The fourth-order valence-corrected chi connectivity index (χ4v) is 4.13. The van der Waals surface area contributed by atoms with E-state index in [9.17, 15) is 22.0 Å². The summed E-state index contributed by atoms with van der Waals surface area (Å²) in [5, 5.41) is 9.30. The fourth-order valence-electron chi connectivity index (χ4n) is 2.69. The maximum absolute atomic E-state index is 14.9. The molecule has 0 spiro atoms. The molecule has 0 aromatic heterocycles. The Morgan fingerprint density at radius 2 is 1.60 bits per heavy atom. The van der Waals surface area contributed by atoms with E-state index < -0.39 is 33.5 Å². The van der Waals surface area contributed by atoms with Crippen LogP contribution in [0.15, 0.2) is 70.5 Å². The van der Waals surface area contributed by atoms with E-state index in [1.54, 1.807) is 0 Å². The maximum Gasteiger partial charge on any atom is 0.344 e. The molecule has 0 heterocycles. The summed E-state index contributed by atoms with van der Waals surface area (Å²) < 4.78 is 58.7. The Morgan fingerprint density at radius 1 is 0.967 bits per heavy atom. The van der Waals surface area contributed by atoms with E-state index in [0.29, 0.717) is 0 Å². The molecule has 3 aromatic carbocycles. The number of benzene rings is 3. The van der Waals surface area contributed by atoms with Crippen LogP contribution in [0.1, 0.15) is 6.92 Å². The monoisotopic (exact) mass is 452 g/mol. The summed E-state index contributed by atoms with van der Waals surface area (Å²) in [6.07, 6.45) is -1.20. The van der Waals surface area contributed by atoms with Crippen molar-refractivity contribution in [3.05, 3.63) is 77.3 Å². The highest BCUT2D eigenvalue weighted by Crippen LogP contribution is 2.36. The molecule has 1 N–H and O–H groups in total. The minimum atomic E-state index is -4.07. The van der Waals surface area contributed by atoms with Crippen molar-refractivity contribution in [3.8, 4) is 16.9 Å². The van der Waals surface area contributed by atoms with Crippen LogP contribution in [-0.4, -0.2) is 25.6 Å². The first kappa shape index (κ1) is 21.7. The standard InChI is InChI=1S/C21H15ClF2O5S/c1-12(21(25)26)29-20-9-2-13(22)10-18(20)17-8-7-16(11-19(17)24)30(27,28)15-5-3-14(23)4-6-15/h2-12H,1H3,(H,25,26). The van der Waals surface area contributed by atoms with Gasteiger partial charge in [-0.25, -0.2) is 22.0 Å². The first-order chi connectivity index (χ1) is 14.1. The Hall–Kier alpha value is -2.97. The van der Waals surface area contributed by atoms with Crippen molar-refractivity contribution < 1.29 is 31.8 Å². The second kappa shape index (κ2) is 8.41. The van der Waals surface area contributed by atoms with Crippen molar-refractivity contribution in [2.75, 3.05) is 0 Å². The van der Waals surface area contributed by atoms with Gasteiger partial charge in [0.1, 0.15) is 17.4 Å². The number of aliphatic carboxylic acids is 1. The van der Waals surface area contributed by atoms with E-state index in [2.05, 4.69) is 0 Å². The topological polar surface area (TPSA) is 80.7 Å². The van der Waals surface area contributed by atoms with Crippen molar-refractivity contribution >= 4 is 27.4 Å². The predicted molar refractivity (Wildman–Crippen MR) is 106 cm³/mol. The Kier molecular flexibility index (Phi) is 6.09. The molecule has 0 saturated heterocycles. The molecule has 0 radical (unpaired) electrons. The molecule has 0 saturated carbocycles. The zero-order valence-corrected chi connectivity index (χ0v) is 17.0. The van der Waals surface area contributed by atoms with Crippen LogP contribution in [0.2, 0.25) is 5.02 Å². The number of hydrogen-bond donors (Lipinski definition) is 1. The average Bonchev–Trinajstić information content (AvgIpc) is 2.69. The normalized spacial score (nSPS) is 12.4. The van der Waals surface area contributed by atoms with Crippen LogP contribution in [0.4, 0.5) is 8.78 Å². The quantitative estimate of drug-likeness (QED) is 0.534. The van der Waals surface area contributed by atoms with E-state index in [1.807, 2.05) is 0 Å². The largest absolute Gasteiger partial charge is 0.479 e. The van der Waals surface area contributed by atoms with Gasteiger partial charge in [-0.1, -0.05) is 11.6 Å². The number of ether oxygens (including phenoxy) is 1. The number of carboxylic acid groups (broad SMARTS) is 1. The zero-order valence-electron chi connectivity index (χ0n) is 15.5. The zero-order chi connectivity index (χ0) is 22.1. The van der Waals surface area contributed by atoms with Crippen LogP contribution in [0.3, 0.4) is 0 Å². The van der Waals surface area contributed by atoms with Gasteiger partial charge in [0.2, 0.25) is 9.84 Å². The third-order valence-corrected chi connectivity index (χ3v) is 6.26. The summed E-state index contributed by atoms with van der Waals surface area (Å²) in [6, 6.07) is 11.7. The van der Waals surface area contributed by atoms with Crippen LogP contribution in [0, 0.1) is 11.6 Å². The summed E-state index contributed by atoms with van der Waals surface area (Å²) in [4.78, 5) is 10.6. The average molecular weight is 453 g/mol. The van der Waals surface area contributed by atoms with E-state index in [1.165, 1.54) is 37.3 Å². The molecule has 0 amide bonds. The van der Waals surface area contributed by atoms with Gasteiger partial charge in [-0.2, -0.15) is 0 Å². The van der Waals surface area contributed by atoms with Crippen molar-refractivity contribution in [3.63, 3.8) is 0 Å². The van der Waals surface area contributed by atoms with Gasteiger partial charge in [0.15, 0.2) is 6.10 Å². The second-order valence-electron chi connectivity index (χ2n) is 6.34. The van der Waals surface area contributed by atoms with Gasteiger partial charge in [0.25, 0.3) is 0 Å². The minimum absolute atomic E-state index is 0.0249. The molecule has 9 heteroatoms. The number of halogens is 3. The summed E-state index contributed by atoms with van der Waals surface area (Å²) in [6.45, 7) is 1.31. The van der Waals surface area contributed by atoms with E-state index in [-0.39, 0.29) is 31.7 Å². The van der Waals surface area contributed by atoms with Gasteiger partial charge in [-0.15, -0.1) is 0 Å². The Labute approximate surface area is 176 Å². The molecule has 3 rings (SSSR count). The molecule has 0 aliphatic heterocycles. The van der Waals surface area contributed by atoms with Gasteiger partial charge in [0, 0.05) is 16.1 Å². The van der Waals surface area contributed by atoms with Crippen molar-refractivity contribution in [1.82, 2.24) is 0 Å². The van der Waals surface area contributed by atoms with Crippen LogP contribution in [0.25, 0.3) is 11.1 Å². The highest BCUT2D eigenvalue weighted by Gasteiger charge is 2.22. The van der Waals surface area contributed by atoms with E-state index in [4.69, 9.17) is 21.4 Å². The third kappa shape index (κ3) is 4.44. The highest BCUT2D eigenvalue weighted by atomic mass is 35.5. The summed E-state index contributed by atoms with van der Waals surface area (Å²) in [5.41, 5.74) is 0.141. The fraction of sp³-hybridized carbons (Fsp3) is 0.0952. The second-order valence-corrected chi connectivity index (χ2v) is 8.72. The van der Waals surface area contributed by atoms with Crippen LogP contribution < -0.4 is 4.74 Å². The Morgan fingerprint density at radius 3 is 2.20 bits per heavy atom. The molecule has 1 unspecified atom stereocenters. The van der Waals surface area contributed by atoms with Gasteiger partial charge < -0.3 is 9.84 Å². The number of carbonyl (C=O) groups is 1. The smallest absolute Gasteiger partial charge is 0.344 e. The highest BCUT2D eigenvalue weighted by molar-refractivity contribution is 7.91. The number of hydrogen-bond acceptors (Lipinski definition) is 4. The molecule has 5 nitrogen and oxygen atoms in total. The third-order valence-electron chi connectivity index (χ3n) is 4.26. The van der Waals surface area contributed by atoms with Gasteiger partial charge >= 0.3 is 5.97 Å². The van der Waals surface area contributed by atoms with Gasteiger partial charge in [0.05, 0.1) is 9.79 Å².